The van der Waals surface area contributed by atoms with Crippen LogP contribution in [0, 0.1) is 16.7 Å². The number of ether oxygens (including phenoxy) is 6. The van der Waals surface area contributed by atoms with Crippen LogP contribution < -0.4 is 5.32 Å². The number of esters is 3. The van der Waals surface area contributed by atoms with Gasteiger partial charge in [-0.25, -0.2) is 14.4 Å². The number of amides is 2. The number of nitrogens with one attached hydrogen (secondary N) is 1. The number of benzene rings is 3. The van der Waals surface area contributed by atoms with E-state index in [4.69, 9.17) is 28.4 Å². The molecule has 3 aromatic carbocycles. The van der Waals surface area contributed by atoms with Gasteiger partial charge in [-0.2, -0.15) is 0 Å². The molecule has 0 unspecified atom stereocenters. The monoisotopic (exact) mass is 896 g/mol. The predicted octanol–water partition coefficient (Wildman–Crippen LogP) is 4.52. The Labute approximate surface area is 377 Å². The number of hydrogen-bond donors (Lipinski definition) is 3. The first-order valence-electron chi connectivity index (χ1n) is 21.5. The second-order valence-electron chi connectivity index (χ2n) is 18.2. The molecule has 3 aliphatic carbocycles. The lowest BCUT2D eigenvalue weighted by Gasteiger charge is -2.67. The molecule has 7 rings (SSSR count). The Morgan fingerprint density at radius 3 is 1.98 bits per heavy atom. The van der Waals surface area contributed by atoms with Crippen molar-refractivity contribution >= 4 is 35.7 Å². The molecule has 0 aromatic heterocycles. The SMILES string of the molecule is CO[C@H]1C[C@H]2OC[C@@]2(OC(C)=O)[C@H]2[C@H](OC(=O)c3ccccc3)[C@]3(O)C[C@H](OC(=O)[C@H](O)[C@@H](NC(=O)c4ccccc4)c4ccccc4)C(C)=C([C@@H](OC(=O)N(C)C)C(=O)[C@]12C)C3(C)C. The van der Waals surface area contributed by atoms with Gasteiger partial charge >= 0.3 is 24.0 Å². The highest BCUT2D eigenvalue weighted by Crippen LogP contribution is 2.65. The maximum absolute atomic E-state index is 15.9. The molecule has 2 bridgehead atoms. The standard InChI is InChI=1S/C49H56N2O14/c1-27-32(62-44(57)37(53)36(29-18-12-9-13-19-29)50-42(55)30-20-14-10-15-21-30)25-49(59)41(64-43(56)31-22-16-11-17-23-31)39-47(5,33(60-8)24-34-48(39,26-61-34)65-28(2)52)40(54)38(35(27)46(49,3)4)63-45(58)51(6)7/h9-23,32-34,36-39,41,53,59H,24-26H2,1-8H3,(H,50,55)/t32-,33-,34+,36-,37+,38+,39-,41-,47+,48-,49+/m0/s1. The number of methoxy groups -OCH3 is 1. The summed E-state index contributed by atoms with van der Waals surface area (Å²) in [6, 6.07) is 23.2. The van der Waals surface area contributed by atoms with Gasteiger partial charge in [0.25, 0.3) is 5.91 Å². The van der Waals surface area contributed by atoms with E-state index < -0.39 is 113 Å². The van der Waals surface area contributed by atoms with E-state index >= 15 is 4.79 Å². The first kappa shape index (κ1) is 47.0. The number of fused-ring (bicyclic) bond motifs is 5. The Hall–Kier alpha value is -5.94. The molecule has 346 valence electrons. The molecule has 0 spiro atoms. The van der Waals surface area contributed by atoms with Crippen molar-refractivity contribution in [2.75, 3.05) is 27.8 Å². The second-order valence-corrected chi connectivity index (χ2v) is 18.2. The normalized spacial score (nSPS) is 30.9. The number of rotatable bonds is 11. The molecule has 1 aliphatic heterocycles. The minimum Gasteiger partial charge on any atom is -0.456 e. The average Bonchev–Trinajstić information content (AvgIpc) is 3.28. The van der Waals surface area contributed by atoms with Crippen molar-refractivity contribution in [1.82, 2.24) is 10.2 Å². The van der Waals surface area contributed by atoms with Crippen LogP contribution in [-0.2, 0) is 42.8 Å². The summed E-state index contributed by atoms with van der Waals surface area (Å²) in [7, 11) is 4.25. The van der Waals surface area contributed by atoms with Gasteiger partial charge in [0.1, 0.15) is 23.9 Å². The highest BCUT2D eigenvalue weighted by molar-refractivity contribution is 5.96. The molecule has 16 nitrogen and oxygen atoms in total. The van der Waals surface area contributed by atoms with Crippen LogP contribution in [-0.4, -0.2) is 126 Å². The fraction of sp³-hybridized carbons (Fsp3) is 0.469. The van der Waals surface area contributed by atoms with Gasteiger partial charge in [-0.1, -0.05) is 80.6 Å². The minimum atomic E-state index is -2.36. The van der Waals surface area contributed by atoms with Crippen molar-refractivity contribution < 1.29 is 67.4 Å². The Kier molecular flexibility index (Phi) is 12.9. The second kappa shape index (κ2) is 17.8. The van der Waals surface area contributed by atoms with Crippen LogP contribution in [0.2, 0.25) is 0 Å². The Morgan fingerprint density at radius 1 is 0.862 bits per heavy atom. The van der Waals surface area contributed by atoms with Crippen LogP contribution in [0.25, 0.3) is 0 Å². The fourth-order valence-corrected chi connectivity index (χ4v) is 10.5. The number of aliphatic hydroxyl groups excluding tert-OH is 1. The largest absolute Gasteiger partial charge is 0.456 e. The third-order valence-corrected chi connectivity index (χ3v) is 14.0. The number of aliphatic hydroxyl groups is 2. The average molecular weight is 897 g/mol. The smallest absolute Gasteiger partial charge is 0.410 e. The van der Waals surface area contributed by atoms with Gasteiger partial charge in [0.15, 0.2) is 23.6 Å². The number of carbonyl (C=O) groups is 6. The first-order valence-corrected chi connectivity index (χ1v) is 21.5. The molecule has 1 saturated heterocycles. The highest BCUT2D eigenvalue weighted by atomic mass is 16.6. The van der Waals surface area contributed by atoms with E-state index in [9.17, 15) is 34.2 Å². The van der Waals surface area contributed by atoms with E-state index in [-0.39, 0.29) is 35.3 Å². The molecular weight excluding hydrogens is 841 g/mol. The van der Waals surface area contributed by atoms with Gasteiger partial charge in [-0.05, 0) is 54.8 Å². The Balaban J connectivity index is 1.42. The van der Waals surface area contributed by atoms with Gasteiger partial charge in [-0.15, -0.1) is 0 Å². The molecule has 16 heteroatoms. The van der Waals surface area contributed by atoms with Crippen molar-refractivity contribution in [2.45, 2.75) is 101 Å². The van der Waals surface area contributed by atoms with Crippen LogP contribution in [0.4, 0.5) is 4.79 Å². The van der Waals surface area contributed by atoms with Gasteiger partial charge in [-0.3, -0.25) is 14.4 Å². The van der Waals surface area contributed by atoms with E-state index in [1.807, 2.05) is 0 Å². The lowest BCUT2D eigenvalue weighted by Crippen LogP contribution is -2.82. The molecule has 11 atom stereocenters. The highest BCUT2D eigenvalue weighted by Gasteiger charge is 2.78. The van der Waals surface area contributed by atoms with E-state index in [2.05, 4.69) is 5.32 Å². The maximum Gasteiger partial charge on any atom is 0.410 e. The molecule has 3 aromatic rings. The van der Waals surface area contributed by atoms with Crippen molar-refractivity contribution in [3.63, 3.8) is 0 Å². The number of ketones is 1. The summed E-state index contributed by atoms with van der Waals surface area (Å²) < 4.78 is 37.1. The molecule has 4 aliphatic rings. The van der Waals surface area contributed by atoms with Crippen LogP contribution >= 0.6 is 0 Å². The summed E-state index contributed by atoms with van der Waals surface area (Å²) >= 11 is 0. The summed E-state index contributed by atoms with van der Waals surface area (Å²) in [6.07, 6.45) is -10.4. The van der Waals surface area contributed by atoms with Crippen LogP contribution in [0.15, 0.2) is 102 Å². The number of carbonyl (C=O) groups excluding carboxylic acids is 6. The van der Waals surface area contributed by atoms with Crippen molar-refractivity contribution in [1.29, 1.82) is 0 Å². The van der Waals surface area contributed by atoms with E-state index in [0.29, 0.717) is 5.56 Å². The summed E-state index contributed by atoms with van der Waals surface area (Å²) in [5.74, 6) is -5.61. The molecule has 0 radical (unpaired) electrons. The third-order valence-electron chi connectivity index (χ3n) is 14.0. The molecule has 1 heterocycles. The van der Waals surface area contributed by atoms with Gasteiger partial charge in [0.05, 0.1) is 35.6 Å². The van der Waals surface area contributed by atoms with Gasteiger partial charge in [0, 0.05) is 51.9 Å². The van der Waals surface area contributed by atoms with E-state index in [0.717, 1.165) is 4.90 Å². The van der Waals surface area contributed by atoms with Crippen LogP contribution in [0.1, 0.15) is 79.8 Å². The molecule has 65 heavy (non-hydrogen) atoms. The topological polar surface area (TPSA) is 214 Å². The molecule has 2 saturated carbocycles. The lowest BCUT2D eigenvalue weighted by atomic mass is 9.44. The van der Waals surface area contributed by atoms with Crippen LogP contribution in [0.3, 0.4) is 0 Å². The van der Waals surface area contributed by atoms with Crippen LogP contribution in [0.5, 0.6) is 0 Å². The zero-order chi connectivity index (χ0) is 47.2. The van der Waals surface area contributed by atoms with Crippen molar-refractivity contribution in [2.24, 2.45) is 16.7 Å². The summed E-state index contributed by atoms with van der Waals surface area (Å²) in [5.41, 5.74) is -6.60. The summed E-state index contributed by atoms with van der Waals surface area (Å²) in [6.45, 7) is 7.25. The predicted molar refractivity (Wildman–Crippen MR) is 231 cm³/mol. The van der Waals surface area contributed by atoms with E-state index in [1.165, 1.54) is 40.3 Å². The molecule has 3 N–H and O–H groups in total. The first-order chi connectivity index (χ1) is 30.7. The zero-order valence-electron chi connectivity index (χ0n) is 37.6. The minimum absolute atomic E-state index is 0.0254. The lowest BCUT2D eigenvalue weighted by molar-refractivity contribution is -0.347. The van der Waals surface area contributed by atoms with Gasteiger partial charge < -0.3 is 48.9 Å². The molecular formula is C49H56N2O14. The zero-order valence-corrected chi connectivity index (χ0v) is 37.6. The number of Topliss-reactive ketones (excluding diaryl/α,β-unsaturated/α-hetero) is 1. The third kappa shape index (κ3) is 8.00. The quantitative estimate of drug-likeness (QED) is 0.137. The molecule has 3 fully saturated rings. The summed E-state index contributed by atoms with van der Waals surface area (Å²) in [4.78, 5) is 86.3. The number of hydrogen-bond acceptors (Lipinski definition) is 14. The maximum atomic E-state index is 15.9. The summed E-state index contributed by atoms with van der Waals surface area (Å²) in [5, 5.41) is 28.5. The Bertz CT molecular complexity index is 2350. The fourth-order valence-electron chi connectivity index (χ4n) is 10.5. The van der Waals surface area contributed by atoms with E-state index in [1.54, 1.807) is 107 Å². The number of nitrogens with zero attached hydrogens (tertiary/aromatic N) is 1. The molecule has 2 amide bonds. The van der Waals surface area contributed by atoms with Crippen molar-refractivity contribution in [3.8, 4) is 0 Å². The van der Waals surface area contributed by atoms with Crippen molar-refractivity contribution in [3.05, 3.63) is 119 Å². The van der Waals surface area contributed by atoms with Gasteiger partial charge in [0.2, 0.25) is 0 Å². The Morgan fingerprint density at radius 2 is 1.45 bits per heavy atom.